The zero-order valence-electron chi connectivity index (χ0n) is 17.6. The molecule has 2 amide bonds. The van der Waals surface area contributed by atoms with Crippen LogP contribution in [0.15, 0.2) is 48.5 Å². The fraction of sp³-hybridized carbons (Fsp3) is 0.391. The molecule has 9 heteroatoms. The van der Waals surface area contributed by atoms with E-state index in [1.165, 1.54) is 0 Å². The molecule has 0 bridgehead atoms. The Balaban J connectivity index is 1.47. The molecule has 0 radical (unpaired) electrons. The Hall–Kier alpha value is -3.23. The molecule has 0 spiro atoms. The minimum absolute atomic E-state index is 0.0271. The van der Waals surface area contributed by atoms with Gasteiger partial charge in [-0.3, -0.25) is 9.59 Å². The number of anilines is 3. The highest BCUT2D eigenvalue weighted by molar-refractivity contribution is 5.82. The van der Waals surface area contributed by atoms with Crippen LogP contribution in [0.3, 0.4) is 0 Å². The third-order valence-corrected chi connectivity index (χ3v) is 5.52. The molecule has 6 nitrogen and oxygen atoms in total. The number of amides is 2. The third kappa shape index (κ3) is 6.90. The predicted molar refractivity (Wildman–Crippen MR) is 117 cm³/mol. The van der Waals surface area contributed by atoms with Crippen LogP contribution in [0.25, 0.3) is 0 Å². The first kappa shape index (κ1) is 23.4. The highest BCUT2D eigenvalue weighted by Crippen LogP contribution is 2.35. The SMILES string of the molecule is NC(=O)CCC(=O)NCc1ccc(Nc2ccc(N3CCC(C(F)(F)F)CC3)cc2)cc1. The number of rotatable bonds is 8. The Morgan fingerprint density at radius 2 is 1.50 bits per heavy atom. The summed E-state index contributed by atoms with van der Waals surface area (Å²) < 4.78 is 38.5. The largest absolute Gasteiger partial charge is 0.391 e. The van der Waals surface area contributed by atoms with Crippen LogP contribution in [0.2, 0.25) is 0 Å². The van der Waals surface area contributed by atoms with Crippen LogP contribution in [0.4, 0.5) is 30.2 Å². The molecule has 1 aliphatic rings. The zero-order valence-corrected chi connectivity index (χ0v) is 17.6. The van der Waals surface area contributed by atoms with E-state index in [1.54, 1.807) is 0 Å². The lowest BCUT2D eigenvalue weighted by Gasteiger charge is -2.34. The van der Waals surface area contributed by atoms with Gasteiger partial charge in [0.2, 0.25) is 11.8 Å². The standard InChI is InChI=1S/C23H27F3N4O2/c24-23(25,26)17-11-13-30(14-12-17)20-7-5-19(6-8-20)29-18-3-1-16(2-4-18)15-28-22(32)10-9-21(27)31/h1-8,17,29H,9-15H2,(H2,27,31)(H,28,32). The molecule has 0 aromatic heterocycles. The van der Waals surface area contributed by atoms with Crippen molar-refractivity contribution in [2.24, 2.45) is 11.7 Å². The zero-order chi connectivity index (χ0) is 23.1. The molecule has 0 saturated carbocycles. The lowest BCUT2D eigenvalue weighted by molar-refractivity contribution is -0.179. The van der Waals surface area contributed by atoms with E-state index in [9.17, 15) is 22.8 Å². The molecule has 1 heterocycles. The molecule has 1 saturated heterocycles. The van der Waals surface area contributed by atoms with Crippen molar-refractivity contribution in [3.8, 4) is 0 Å². The first-order valence-electron chi connectivity index (χ1n) is 10.5. The second-order valence-corrected chi connectivity index (χ2v) is 7.91. The molecular weight excluding hydrogens is 421 g/mol. The molecule has 2 aromatic carbocycles. The van der Waals surface area contributed by atoms with E-state index in [0.717, 1.165) is 22.6 Å². The van der Waals surface area contributed by atoms with Gasteiger partial charge in [0.05, 0.1) is 5.92 Å². The summed E-state index contributed by atoms with van der Waals surface area (Å²) in [6.07, 6.45) is -3.75. The molecule has 172 valence electrons. The Bertz CT molecular complexity index is 906. The molecule has 32 heavy (non-hydrogen) atoms. The smallest absolute Gasteiger partial charge is 0.372 e. The van der Waals surface area contributed by atoms with E-state index in [1.807, 2.05) is 53.4 Å². The number of nitrogens with two attached hydrogens (primary N) is 1. The van der Waals surface area contributed by atoms with Gasteiger partial charge in [0, 0.05) is 49.5 Å². The highest BCUT2D eigenvalue weighted by atomic mass is 19.4. The quantitative estimate of drug-likeness (QED) is 0.568. The van der Waals surface area contributed by atoms with Crippen molar-refractivity contribution < 1.29 is 22.8 Å². The van der Waals surface area contributed by atoms with Crippen LogP contribution in [-0.2, 0) is 16.1 Å². The van der Waals surface area contributed by atoms with Crippen molar-refractivity contribution in [1.29, 1.82) is 0 Å². The summed E-state index contributed by atoms with van der Waals surface area (Å²) in [7, 11) is 0. The predicted octanol–water partition coefficient (Wildman–Crippen LogP) is 4.09. The summed E-state index contributed by atoms with van der Waals surface area (Å²) in [6, 6.07) is 15.2. The number of carbonyl (C=O) groups excluding carboxylic acids is 2. The summed E-state index contributed by atoms with van der Waals surface area (Å²) >= 11 is 0. The van der Waals surface area contributed by atoms with Gasteiger partial charge in [-0.2, -0.15) is 13.2 Å². The molecule has 0 aliphatic carbocycles. The van der Waals surface area contributed by atoms with Gasteiger partial charge >= 0.3 is 6.18 Å². The van der Waals surface area contributed by atoms with Gasteiger partial charge in [-0.15, -0.1) is 0 Å². The Morgan fingerprint density at radius 1 is 0.938 bits per heavy atom. The van der Waals surface area contributed by atoms with Gasteiger partial charge in [0.25, 0.3) is 0 Å². The van der Waals surface area contributed by atoms with E-state index in [0.29, 0.717) is 19.6 Å². The van der Waals surface area contributed by atoms with Crippen LogP contribution in [0, 0.1) is 5.92 Å². The molecule has 0 atom stereocenters. The van der Waals surface area contributed by atoms with Crippen molar-refractivity contribution in [3.05, 3.63) is 54.1 Å². The Morgan fingerprint density at radius 3 is 2.03 bits per heavy atom. The number of halogens is 3. The number of piperidine rings is 1. The van der Waals surface area contributed by atoms with Crippen LogP contribution < -0.4 is 21.3 Å². The minimum Gasteiger partial charge on any atom is -0.372 e. The fourth-order valence-corrected chi connectivity index (χ4v) is 3.62. The van der Waals surface area contributed by atoms with Gasteiger partial charge in [-0.05, 0) is 54.8 Å². The number of primary amides is 1. The molecule has 2 aromatic rings. The molecule has 3 rings (SSSR count). The van der Waals surface area contributed by atoms with Crippen molar-refractivity contribution in [2.45, 2.75) is 38.4 Å². The second kappa shape index (κ2) is 10.4. The van der Waals surface area contributed by atoms with Gasteiger partial charge < -0.3 is 21.3 Å². The number of hydrogen-bond acceptors (Lipinski definition) is 4. The second-order valence-electron chi connectivity index (χ2n) is 7.91. The molecule has 1 aliphatic heterocycles. The van der Waals surface area contributed by atoms with Crippen LogP contribution in [-0.4, -0.2) is 31.1 Å². The number of nitrogens with zero attached hydrogens (tertiary/aromatic N) is 1. The van der Waals surface area contributed by atoms with Crippen molar-refractivity contribution in [1.82, 2.24) is 5.32 Å². The van der Waals surface area contributed by atoms with E-state index < -0.39 is 18.0 Å². The Kier molecular flexibility index (Phi) is 7.61. The van der Waals surface area contributed by atoms with Gasteiger partial charge in [-0.25, -0.2) is 0 Å². The number of benzene rings is 2. The lowest BCUT2D eigenvalue weighted by Crippen LogP contribution is -2.38. The summed E-state index contributed by atoms with van der Waals surface area (Å²) in [6.45, 7) is 1.16. The highest BCUT2D eigenvalue weighted by Gasteiger charge is 2.41. The fourth-order valence-electron chi connectivity index (χ4n) is 3.62. The maximum absolute atomic E-state index is 12.8. The molecule has 1 fully saturated rings. The van der Waals surface area contributed by atoms with Crippen molar-refractivity contribution >= 4 is 28.9 Å². The van der Waals surface area contributed by atoms with Crippen molar-refractivity contribution in [2.75, 3.05) is 23.3 Å². The van der Waals surface area contributed by atoms with Crippen molar-refractivity contribution in [3.63, 3.8) is 0 Å². The first-order chi connectivity index (χ1) is 15.2. The van der Waals surface area contributed by atoms with Gasteiger partial charge in [-0.1, -0.05) is 12.1 Å². The summed E-state index contributed by atoms with van der Waals surface area (Å²) in [4.78, 5) is 24.3. The number of hydrogen-bond donors (Lipinski definition) is 3. The number of nitrogens with one attached hydrogen (secondary N) is 2. The summed E-state index contributed by atoms with van der Waals surface area (Å²) in [5.41, 5.74) is 8.60. The molecule has 4 N–H and O–H groups in total. The van der Waals surface area contributed by atoms with E-state index in [-0.39, 0.29) is 31.6 Å². The lowest BCUT2D eigenvalue weighted by atomic mass is 9.96. The van der Waals surface area contributed by atoms with Crippen LogP contribution in [0.5, 0.6) is 0 Å². The van der Waals surface area contributed by atoms with Crippen LogP contribution >= 0.6 is 0 Å². The molecule has 0 unspecified atom stereocenters. The number of alkyl halides is 3. The maximum atomic E-state index is 12.8. The maximum Gasteiger partial charge on any atom is 0.391 e. The average Bonchev–Trinajstić information content (AvgIpc) is 2.77. The Labute approximate surface area is 185 Å². The monoisotopic (exact) mass is 448 g/mol. The third-order valence-electron chi connectivity index (χ3n) is 5.52. The van der Waals surface area contributed by atoms with E-state index in [4.69, 9.17) is 5.73 Å². The van der Waals surface area contributed by atoms with Crippen LogP contribution in [0.1, 0.15) is 31.2 Å². The molecular formula is C23H27F3N4O2. The van der Waals surface area contributed by atoms with E-state index >= 15 is 0 Å². The number of carbonyl (C=O) groups is 2. The normalized spacial score (nSPS) is 14.8. The summed E-state index contributed by atoms with van der Waals surface area (Å²) in [5.74, 6) is -1.94. The first-order valence-corrected chi connectivity index (χ1v) is 10.5. The average molecular weight is 448 g/mol. The van der Waals surface area contributed by atoms with Gasteiger partial charge in [0.1, 0.15) is 0 Å². The van der Waals surface area contributed by atoms with Gasteiger partial charge in [0.15, 0.2) is 0 Å². The van der Waals surface area contributed by atoms with E-state index in [2.05, 4.69) is 10.6 Å². The summed E-state index contributed by atoms with van der Waals surface area (Å²) in [5, 5.41) is 6.02. The minimum atomic E-state index is -4.11. The topological polar surface area (TPSA) is 87.5 Å².